The van der Waals surface area contributed by atoms with Crippen LogP contribution in [0.15, 0.2) is 174 Å². The molecule has 0 unspecified atom stereocenters. The summed E-state index contributed by atoms with van der Waals surface area (Å²) in [5.74, 6) is 0. The zero-order valence-corrected chi connectivity index (χ0v) is 25.6. The average molecular weight is 597 g/mol. The molecule has 1 aromatic heterocycles. The summed E-state index contributed by atoms with van der Waals surface area (Å²) in [5, 5.41) is 12.2. The molecule has 0 saturated heterocycles. The number of benzene rings is 9. The lowest BCUT2D eigenvalue weighted by molar-refractivity contribution is 0.669. The standard InChI is InChI=1S/C46H28O/c1-2-13-29(14-3-1)31-16-12-17-32(27-31)43-36-21-8-10-23-38(36)44(39-24-11-9-22-37(39)43)40-28-42-46(35-20-7-6-19-34(35)40)45-33-18-5-4-15-30(33)25-26-41(45)47-42/h1-28H. The Bertz CT molecular complexity index is 2780. The predicted octanol–water partition coefficient (Wildman–Crippen LogP) is 13.2. The number of hydrogen-bond donors (Lipinski definition) is 0. The molecule has 0 aliphatic carbocycles. The molecule has 0 radical (unpaired) electrons. The van der Waals surface area contributed by atoms with Gasteiger partial charge in [-0.25, -0.2) is 0 Å². The van der Waals surface area contributed by atoms with Gasteiger partial charge in [-0.2, -0.15) is 0 Å². The predicted molar refractivity (Wildman–Crippen MR) is 200 cm³/mol. The van der Waals surface area contributed by atoms with Crippen LogP contribution in [0, 0.1) is 0 Å². The van der Waals surface area contributed by atoms with Crippen molar-refractivity contribution in [2.24, 2.45) is 0 Å². The molecule has 0 atom stereocenters. The molecular formula is C46H28O. The molecule has 0 bridgehead atoms. The maximum Gasteiger partial charge on any atom is 0.136 e. The van der Waals surface area contributed by atoms with Crippen molar-refractivity contribution >= 4 is 65.0 Å². The minimum atomic E-state index is 0.915. The lowest BCUT2D eigenvalue weighted by Crippen LogP contribution is -1.92. The highest BCUT2D eigenvalue weighted by Crippen LogP contribution is 2.48. The van der Waals surface area contributed by atoms with Gasteiger partial charge in [-0.3, -0.25) is 0 Å². The first-order valence-corrected chi connectivity index (χ1v) is 16.2. The third kappa shape index (κ3) is 3.90. The van der Waals surface area contributed by atoms with Crippen LogP contribution in [0.4, 0.5) is 0 Å². The quantitative estimate of drug-likeness (QED) is 0.185. The fourth-order valence-corrected chi connectivity index (χ4v) is 7.82. The van der Waals surface area contributed by atoms with E-state index in [-0.39, 0.29) is 0 Å². The molecule has 1 heteroatoms. The van der Waals surface area contributed by atoms with E-state index >= 15 is 0 Å². The Morgan fingerprint density at radius 3 is 1.55 bits per heavy atom. The summed E-state index contributed by atoms with van der Waals surface area (Å²) in [4.78, 5) is 0. The van der Waals surface area contributed by atoms with Gasteiger partial charge in [0.1, 0.15) is 11.2 Å². The highest BCUT2D eigenvalue weighted by molar-refractivity contribution is 6.31. The summed E-state index contributed by atoms with van der Waals surface area (Å²) in [6.45, 7) is 0. The fraction of sp³-hybridized carbons (Fsp3) is 0. The monoisotopic (exact) mass is 596 g/mol. The first kappa shape index (κ1) is 26.1. The Labute approximate surface area is 271 Å². The maximum absolute atomic E-state index is 6.70. The van der Waals surface area contributed by atoms with Gasteiger partial charge in [-0.15, -0.1) is 0 Å². The molecule has 1 nitrogen and oxygen atoms in total. The molecule has 0 amide bonds. The van der Waals surface area contributed by atoms with Crippen molar-refractivity contribution in [3.05, 3.63) is 170 Å². The topological polar surface area (TPSA) is 13.1 Å². The normalized spacial score (nSPS) is 11.8. The van der Waals surface area contributed by atoms with Crippen molar-refractivity contribution in [1.82, 2.24) is 0 Å². The van der Waals surface area contributed by atoms with Crippen molar-refractivity contribution in [1.29, 1.82) is 0 Å². The van der Waals surface area contributed by atoms with Crippen LogP contribution < -0.4 is 0 Å². The summed E-state index contributed by atoms with van der Waals surface area (Å²) >= 11 is 0. The van der Waals surface area contributed by atoms with E-state index < -0.39 is 0 Å². The molecule has 47 heavy (non-hydrogen) atoms. The first-order chi connectivity index (χ1) is 23.3. The van der Waals surface area contributed by atoms with Gasteiger partial charge in [0.05, 0.1) is 0 Å². The Morgan fingerprint density at radius 1 is 0.298 bits per heavy atom. The first-order valence-electron chi connectivity index (χ1n) is 16.2. The highest BCUT2D eigenvalue weighted by atomic mass is 16.3. The van der Waals surface area contributed by atoms with Crippen molar-refractivity contribution in [2.75, 3.05) is 0 Å². The van der Waals surface area contributed by atoms with Crippen LogP contribution in [-0.2, 0) is 0 Å². The Kier molecular flexibility index (Phi) is 5.64. The molecule has 10 aromatic rings. The molecule has 0 N–H and O–H groups in total. The van der Waals surface area contributed by atoms with Crippen LogP contribution in [0.3, 0.4) is 0 Å². The Hall–Kier alpha value is -6.18. The number of rotatable bonds is 3. The molecule has 10 rings (SSSR count). The molecule has 0 fully saturated rings. The summed E-state index contributed by atoms with van der Waals surface area (Å²) in [5.41, 5.74) is 9.18. The smallest absolute Gasteiger partial charge is 0.136 e. The van der Waals surface area contributed by atoms with E-state index in [1.807, 2.05) is 0 Å². The Morgan fingerprint density at radius 2 is 0.830 bits per heavy atom. The fourth-order valence-electron chi connectivity index (χ4n) is 7.82. The van der Waals surface area contributed by atoms with E-state index in [2.05, 4.69) is 170 Å². The molecule has 0 spiro atoms. The van der Waals surface area contributed by atoms with Crippen molar-refractivity contribution in [3.8, 4) is 33.4 Å². The maximum atomic E-state index is 6.70. The lowest BCUT2D eigenvalue weighted by Gasteiger charge is -2.19. The summed E-state index contributed by atoms with van der Waals surface area (Å²) in [6, 6.07) is 61.4. The minimum absolute atomic E-state index is 0.915. The van der Waals surface area contributed by atoms with Crippen LogP contribution in [-0.4, -0.2) is 0 Å². The summed E-state index contributed by atoms with van der Waals surface area (Å²) in [7, 11) is 0. The highest BCUT2D eigenvalue weighted by Gasteiger charge is 2.21. The molecule has 9 aromatic carbocycles. The van der Waals surface area contributed by atoms with Gasteiger partial charge in [0.25, 0.3) is 0 Å². The zero-order valence-electron chi connectivity index (χ0n) is 25.6. The van der Waals surface area contributed by atoms with Gasteiger partial charge in [0, 0.05) is 10.8 Å². The van der Waals surface area contributed by atoms with Crippen molar-refractivity contribution in [3.63, 3.8) is 0 Å². The lowest BCUT2D eigenvalue weighted by atomic mass is 9.84. The van der Waals surface area contributed by atoms with Crippen LogP contribution in [0.25, 0.3) is 98.4 Å². The largest absolute Gasteiger partial charge is 0.456 e. The van der Waals surface area contributed by atoms with Gasteiger partial charge in [-0.05, 0) is 94.7 Å². The minimum Gasteiger partial charge on any atom is -0.456 e. The second-order valence-electron chi connectivity index (χ2n) is 12.4. The van der Waals surface area contributed by atoms with E-state index in [1.54, 1.807) is 0 Å². The van der Waals surface area contributed by atoms with Crippen LogP contribution in [0.5, 0.6) is 0 Å². The van der Waals surface area contributed by atoms with Gasteiger partial charge in [-0.1, -0.05) is 152 Å². The van der Waals surface area contributed by atoms with E-state index in [0.29, 0.717) is 0 Å². The van der Waals surface area contributed by atoms with Crippen molar-refractivity contribution < 1.29 is 4.42 Å². The zero-order chi connectivity index (χ0) is 30.9. The summed E-state index contributed by atoms with van der Waals surface area (Å²) < 4.78 is 6.70. The van der Waals surface area contributed by atoms with Crippen LogP contribution in [0.2, 0.25) is 0 Å². The van der Waals surface area contributed by atoms with Crippen LogP contribution in [0.1, 0.15) is 0 Å². The van der Waals surface area contributed by atoms with Gasteiger partial charge in [0.15, 0.2) is 0 Å². The number of furan rings is 1. The molecule has 218 valence electrons. The second kappa shape index (κ2) is 10.2. The van der Waals surface area contributed by atoms with E-state index in [4.69, 9.17) is 4.42 Å². The average Bonchev–Trinajstić information content (AvgIpc) is 3.53. The van der Waals surface area contributed by atoms with Gasteiger partial charge >= 0.3 is 0 Å². The van der Waals surface area contributed by atoms with Gasteiger partial charge < -0.3 is 4.42 Å². The van der Waals surface area contributed by atoms with E-state index in [9.17, 15) is 0 Å². The van der Waals surface area contributed by atoms with E-state index in [0.717, 1.165) is 11.2 Å². The molecule has 0 aliphatic rings. The van der Waals surface area contributed by atoms with Crippen molar-refractivity contribution in [2.45, 2.75) is 0 Å². The van der Waals surface area contributed by atoms with Gasteiger partial charge in [0.2, 0.25) is 0 Å². The molecule has 0 aliphatic heterocycles. The number of fused-ring (bicyclic) bond motifs is 9. The van der Waals surface area contributed by atoms with Crippen LogP contribution >= 0.6 is 0 Å². The SMILES string of the molecule is c1ccc(-c2cccc(-c3c4ccccc4c(-c4cc5oc6ccc7ccccc7c6c5c5ccccc45)c4ccccc34)c2)cc1. The third-order valence-corrected chi connectivity index (χ3v) is 9.83. The molecule has 0 saturated carbocycles. The van der Waals surface area contributed by atoms with E-state index in [1.165, 1.54) is 87.2 Å². The molecular weight excluding hydrogens is 569 g/mol. The molecule has 1 heterocycles. The Balaban J connectivity index is 1.32. The second-order valence-corrected chi connectivity index (χ2v) is 12.4. The summed E-state index contributed by atoms with van der Waals surface area (Å²) in [6.07, 6.45) is 0. The third-order valence-electron chi connectivity index (χ3n) is 9.83. The number of hydrogen-bond acceptors (Lipinski definition) is 1.